The van der Waals surface area contributed by atoms with Gasteiger partial charge in [0.2, 0.25) is 5.43 Å². The molecule has 26 heavy (non-hydrogen) atoms. The van der Waals surface area contributed by atoms with E-state index in [0.717, 1.165) is 4.68 Å². The molecule has 130 valence electrons. The zero-order valence-corrected chi connectivity index (χ0v) is 14.9. The fourth-order valence-electron chi connectivity index (χ4n) is 3.00. The van der Waals surface area contributed by atoms with E-state index < -0.39 is 16.5 Å². The Kier molecular flexibility index (Phi) is 3.75. The lowest BCUT2D eigenvalue weighted by Gasteiger charge is -2.10. The lowest BCUT2D eigenvalue weighted by Crippen LogP contribution is -2.33. The van der Waals surface area contributed by atoms with Gasteiger partial charge >= 0.3 is 0 Å². The Morgan fingerprint density at radius 3 is 2.38 bits per heavy atom. The molecule has 0 spiro atoms. The minimum Gasteiger partial charge on any atom is -0.350 e. The maximum atomic E-state index is 13.0. The molecule has 0 radical (unpaired) electrons. The van der Waals surface area contributed by atoms with Crippen LogP contribution in [0.1, 0.15) is 5.56 Å². The Morgan fingerprint density at radius 2 is 1.65 bits per heavy atom. The minimum absolute atomic E-state index is 0.0855. The van der Waals surface area contributed by atoms with Crippen LogP contribution in [-0.2, 0) is 0 Å². The molecule has 0 saturated heterocycles. The van der Waals surface area contributed by atoms with Gasteiger partial charge in [0.25, 0.3) is 11.1 Å². The first-order valence-electron chi connectivity index (χ1n) is 7.64. The number of halogens is 2. The van der Waals surface area contributed by atoms with Gasteiger partial charge < -0.3 is 4.98 Å². The van der Waals surface area contributed by atoms with Crippen LogP contribution in [0.4, 0.5) is 0 Å². The third-order valence-electron chi connectivity index (χ3n) is 4.22. The fourth-order valence-corrected chi connectivity index (χ4v) is 3.40. The van der Waals surface area contributed by atoms with Crippen LogP contribution in [-0.4, -0.2) is 14.8 Å². The van der Waals surface area contributed by atoms with Gasteiger partial charge in [-0.1, -0.05) is 23.2 Å². The molecule has 0 aliphatic carbocycles. The first-order chi connectivity index (χ1) is 12.4. The van der Waals surface area contributed by atoms with Gasteiger partial charge in [0.1, 0.15) is 10.9 Å². The Bertz CT molecular complexity index is 1380. The van der Waals surface area contributed by atoms with Gasteiger partial charge in [-0.2, -0.15) is 0 Å². The van der Waals surface area contributed by atoms with Crippen molar-refractivity contribution in [3.8, 4) is 5.69 Å². The van der Waals surface area contributed by atoms with Crippen LogP contribution in [0.25, 0.3) is 27.5 Å². The highest BCUT2D eigenvalue weighted by Gasteiger charge is 2.16. The van der Waals surface area contributed by atoms with E-state index >= 15 is 0 Å². The summed E-state index contributed by atoms with van der Waals surface area (Å²) in [6.45, 7) is 1.75. The highest BCUT2D eigenvalue weighted by molar-refractivity contribution is 6.31. The smallest absolute Gasteiger partial charge is 0.287 e. The number of rotatable bonds is 1. The molecule has 0 amide bonds. The number of nitrogens with zero attached hydrogens (tertiary/aromatic N) is 1. The molecule has 2 N–H and O–H groups in total. The highest BCUT2D eigenvalue weighted by Crippen LogP contribution is 2.18. The molecule has 0 aliphatic heterocycles. The Hall–Kier alpha value is -2.83. The number of benzene rings is 2. The van der Waals surface area contributed by atoms with E-state index in [1.54, 1.807) is 31.2 Å². The number of hydrogen-bond acceptors (Lipinski definition) is 3. The highest BCUT2D eigenvalue weighted by atomic mass is 35.5. The summed E-state index contributed by atoms with van der Waals surface area (Å²) >= 11 is 11.9. The molecule has 2 aromatic heterocycles. The molecule has 2 aromatic carbocycles. The van der Waals surface area contributed by atoms with Crippen molar-refractivity contribution in [1.29, 1.82) is 0 Å². The molecule has 0 atom stereocenters. The summed E-state index contributed by atoms with van der Waals surface area (Å²) < 4.78 is 1.06. The number of aromatic nitrogens is 3. The predicted molar refractivity (Wildman–Crippen MR) is 103 cm³/mol. The van der Waals surface area contributed by atoms with Crippen LogP contribution < -0.4 is 16.5 Å². The first kappa shape index (κ1) is 16.6. The maximum absolute atomic E-state index is 13.0. The Balaban J connectivity index is 2.18. The van der Waals surface area contributed by atoms with Crippen LogP contribution in [0.2, 0.25) is 10.0 Å². The number of fused-ring (bicyclic) bond motifs is 2. The molecule has 0 unspecified atom stereocenters. The van der Waals surface area contributed by atoms with Crippen molar-refractivity contribution < 1.29 is 0 Å². The van der Waals surface area contributed by atoms with Crippen molar-refractivity contribution in [3.05, 3.63) is 82.9 Å². The van der Waals surface area contributed by atoms with Crippen molar-refractivity contribution in [1.82, 2.24) is 14.8 Å². The van der Waals surface area contributed by atoms with E-state index in [9.17, 15) is 14.4 Å². The summed E-state index contributed by atoms with van der Waals surface area (Å²) in [4.78, 5) is 41.2. The number of aromatic amines is 2. The quantitative estimate of drug-likeness (QED) is 0.491. The molecule has 8 heteroatoms. The first-order valence-corrected chi connectivity index (χ1v) is 8.39. The zero-order valence-electron chi connectivity index (χ0n) is 13.4. The average Bonchev–Trinajstić information content (AvgIpc) is 2.58. The average molecular weight is 388 g/mol. The molecule has 0 fully saturated rings. The summed E-state index contributed by atoms with van der Waals surface area (Å²) in [6, 6.07) is 9.49. The van der Waals surface area contributed by atoms with Gasteiger partial charge in [-0.15, -0.1) is 0 Å². The van der Waals surface area contributed by atoms with Gasteiger partial charge in [0.15, 0.2) is 0 Å². The summed E-state index contributed by atoms with van der Waals surface area (Å²) in [6.07, 6.45) is 0. The predicted octanol–water partition coefficient (Wildman–Crippen LogP) is 3.14. The summed E-state index contributed by atoms with van der Waals surface area (Å²) in [5, 5.41) is 3.49. The second-order valence-electron chi connectivity index (χ2n) is 5.91. The normalized spacial score (nSPS) is 11.3. The van der Waals surface area contributed by atoms with Crippen LogP contribution in [0, 0.1) is 6.92 Å². The van der Waals surface area contributed by atoms with Crippen molar-refractivity contribution in [2.45, 2.75) is 6.92 Å². The van der Waals surface area contributed by atoms with E-state index in [4.69, 9.17) is 23.2 Å². The number of nitrogens with one attached hydrogen (secondary N) is 2. The molecule has 4 rings (SSSR count). The van der Waals surface area contributed by atoms with Crippen LogP contribution in [0.5, 0.6) is 0 Å². The monoisotopic (exact) mass is 387 g/mol. The molecule has 0 aliphatic rings. The molecule has 2 heterocycles. The van der Waals surface area contributed by atoms with Gasteiger partial charge in [-0.25, -0.2) is 4.68 Å². The number of pyridine rings is 1. The molecule has 0 saturated carbocycles. The largest absolute Gasteiger partial charge is 0.350 e. The number of aryl methyl sites for hydroxylation is 1. The SMILES string of the molecule is Cc1cc(Cl)ccc1-n1[nH]c(=O)c2[nH]c3cc(Cl)ccc3c(=O)c2c1=O. The van der Waals surface area contributed by atoms with E-state index in [1.165, 1.54) is 12.1 Å². The van der Waals surface area contributed by atoms with E-state index in [0.29, 0.717) is 26.8 Å². The molecular formula is C18H11Cl2N3O3. The van der Waals surface area contributed by atoms with Crippen molar-refractivity contribution in [2.75, 3.05) is 0 Å². The van der Waals surface area contributed by atoms with Gasteiger partial charge in [-0.05, 0) is 48.9 Å². The van der Waals surface area contributed by atoms with Gasteiger partial charge in [0, 0.05) is 15.4 Å². The number of H-pyrrole nitrogens is 2. The molecular weight excluding hydrogens is 377 g/mol. The lowest BCUT2D eigenvalue weighted by atomic mass is 10.1. The van der Waals surface area contributed by atoms with Crippen LogP contribution in [0.3, 0.4) is 0 Å². The molecule has 4 aromatic rings. The Morgan fingerprint density at radius 1 is 0.962 bits per heavy atom. The van der Waals surface area contributed by atoms with Crippen LogP contribution in [0.15, 0.2) is 50.8 Å². The Labute approximate surface area is 155 Å². The van der Waals surface area contributed by atoms with Crippen molar-refractivity contribution in [3.63, 3.8) is 0 Å². The fraction of sp³-hybridized carbons (Fsp3) is 0.0556. The maximum Gasteiger partial charge on any atom is 0.287 e. The number of hydrogen-bond donors (Lipinski definition) is 2. The molecule has 0 bridgehead atoms. The second kappa shape index (κ2) is 5.86. The van der Waals surface area contributed by atoms with Crippen LogP contribution >= 0.6 is 23.2 Å². The lowest BCUT2D eigenvalue weighted by molar-refractivity contribution is 0.794. The summed E-state index contributed by atoms with van der Waals surface area (Å²) in [5.74, 6) is 0. The summed E-state index contributed by atoms with van der Waals surface area (Å²) in [5.41, 5.74) is -0.316. The summed E-state index contributed by atoms with van der Waals surface area (Å²) in [7, 11) is 0. The standard InChI is InChI=1S/C18H11Cl2N3O3/c1-8-6-9(19)3-5-13(8)23-18(26)14-15(17(25)22-23)21-12-7-10(20)2-4-11(12)16(14)24/h2-7H,1H3,(H,21,24)(H,22,25). The van der Waals surface area contributed by atoms with Crippen molar-refractivity contribution in [2.24, 2.45) is 0 Å². The third-order valence-corrected chi connectivity index (χ3v) is 4.69. The second-order valence-corrected chi connectivity index (χ2v) is 6.78. The minimum atomic E-state index is -0.622. The topological polar surface area (TPSA) is 87.7 Å². The zero-order chi connectivity index (χ0) is 18.6. The van der Waals surface area contributed by atoms with Crippen molar-refractivity contribution >= 4 is 45.0 Å². The third kappa shape index (κ3) is 2.46. The molecule has 6 nitrogen and oxygen atoms in total. The van der Waals surface area contributed by atoms with Gasteiger partial charge in [-0.3, -0.25) is 19.5 Å². The van der Waals surface area contributed by atoms with E-state index in [2.05, 4.69) is 10.1 Å². The van der Waals surface area contributed by atoms with E-state index in [1.807, 2.05) is 0 Å². The van der Waals surface area contributed by atoms with E-state index in [-0.39, 0.29) is 16.3 Å². The van der Waals surface area contributed by atoms with Gasteiger partial charge in [0.05, 0.1) is 11.2 Å².